The van der Waals surface area contributed by atoms with Crippen LogP contribution in [0.3, 0.4) is 0 Å². The summed E-state index contributed by atoms with van der Waals surface area (Å²) in [6.07, 6.45) is 1.49. The van der Waals surface area contributed by atoms with E-state index in [1.807, 2.05) is 13.8 Å². The molecule has 1 fully saturated rings. The van der Waals surface area contributed by atoms with Gasteiger partial charge < -0.3 is 15.2 Å². The van der Waals surface area contributed by atoms with Crippen molar-refractivity contribution in [2.24, 2.45) is 11.8 Å². The summed E-state index contributed by atoms with van der Waals surface area (Å²) in [6.45, 7) is 4.89. The number of ether oxygens (including phenoxy) is 1. The molecule has 0 bridgehead atoms. The third kappa shape index (κ3) is 4.78. The lowest BCUT2D eigenvalue weighted by molar-refractivity contribution is -0.142. The molecule has 0 aromatic heterocycles. The number of carbonyl (C=O) groups excluding carboxylic acids is 1. The highest BCUT2D eigenvalue weighted by Crippen LogP contribution is 2.35. The van der Waals surface area contributed by atoms with Crippen LogP contribution in [0.5, 0.6) is 0 Å². The minimum atomic E-state index is -0.906. The zero-order valence-corrected chi connectivity index (χ0v) is 14.8. The maximum atomic E-state index is 13.3. The Morgan fingerprint density at radius 1 is 1.24 bits per heavy atom. The lowest BCUT2D eigenvalue weighted by Crippen LogP contribution is -2.49. The predicted molar refractivity (Wildman–Crippen MR) is 91.7 cm³/mol. The van der Waals surface area contributed by atoms with Gasteiger partial charge in [0, 0.05) is 19.8 Å². The molecule has 1 heterocycles. The molecule has 2 rings (SSSR count). The summed E-state index contributed by atoms with van der Waals surface area (Å²) in [5, 5.41) is 12.2. The molecular formula is C19H26FNO4. The number of benzene rings is 1. The van der Waals surface area contributed by atoms with Crippen molar-refractivity contribution in [1.82, 2.24) is 5.32 Å². The average molecular weight is 351 g/mol. The molecule has 1 aliphatic rings. The number of carbonyl (C=O) groups is 2. The van der Waals surface area contributed by atoms with E-state index in [0.29, 0.717) is 32.5 Å². The first-order valence-electron chi connectivity index (χ1n) is 8.70. The third-order valence-electron chi connectivity index (χ3n) is 4.79. The van der Waals surface area contributed by atoms with E-state index < -0.39 is 17.3 Å². The van der Waals surface area contributed by atoms with E-state index >= 15 is 0 Å². The quantitative estimate of drug-likeness (QED) is 0.792. The van der Waals surface area contributed by atoms with E-state index in [4.69, 9.17) is 4.74 Å². The van der Waals surface area contributed by atoms with Gasteiger partial charge in [0.1, 0.15) is 5.82 Å². The molecule has 2 N–H and O–H groups in total. The standard InChI is InChI=1S/C19H26FNO4/c1-13(2)11-14(17(22)23)12-21-18(24)19(7-9-25-10-8-19)15-3-5-16(20)6-4-15/h3-6,13-14H,7-12H2,1-2H3,(H,21,24)(H,22,23). The monoisotopic (exact) mass is 351 g/mol. The van der Waals surface area contributed by atoms with Gasteiger partial charge in [0.05, 0.1) is 11.3 Å². The molecule has 5 nitrogen and oxygen atoms in total. The van der Waals surface area contributed by atoms with Crippen molar-refractivity contribution in [2.75, 3.05) is 19.8 Å². The fourth-order valence-electron chi connectivity index (χ4n) is 3.36. The second kappa shape index (κ2) is 8.43. The molecule has 1 amide bonds. The summed E-state index contributed by atoms with van der Waals surface area (Å²) in [4.78, 5) is 24.4. The van der Waals surface area contributed by atoms with E-state index in [-0.39, 0.29) is 24.2 Å². The summed E-state index contributed by atoms with van der Waals surface area (Å²) in [7, 11) is 0. The van der Waals surface area contributed by atoms with Crippen LogP contribution in [-0.4, -0.2) is 36.7 Å². The molecule has 0 radical (unpaired) electrons. The van der Waals surface area contributed by atoms with Gasteiger partial charge in [-0.1, -0.05) is 26.0 Å². The van der Waals surface area contributed by atoms with Gasteiger partial charge in [-0.2, -0.15) is 0 Å². The molecule has 138 valence electrons. The minimum Gasteiger partial charge on any atom is -0.481 e. The molecular weight excluding hydrogens is 325 g/mol. The lowest BCUT2D eigenvalue weighted by atomic mass is 9.73. The smallest absolute Gasteiger partial charge is 0.308 e. The zero-order valence-electron chi connectivity index (χ0n) is 14.8. The summed E-state index contributed by atoms with van der Waals surface area (Å²) in [6, 6.07) is 5.95. The molecule has 1 aromatic rings. The third-order valence-corrected chi connectivity index (χ3v) is 4.79. The van der Waals surface area contributed by atoms with Gasteiger partial charge in [-0.3, -0.25) is 9.59 Å². The lowest BCUT2D eigenvalue weighted by Gasteiger charge is -2.36. The van der Waals surface area contributed by atoms with Crippen molar-refractivity contribution >= 4 is 11.9 Å². The van der Waals surface area contributed by atoms with E-state index in [2.05, 4.69) is 5.32 Å². The summed E-state index contributed by atoms with van der Waals surface area (Å²) in [5.74, 6) is -1.86. The first kappa shape index (κ1) is 19.4. The van der Waals surface area contributed by atoms with E-state index in [9.17, 15) is 19.1 Å². The fraction of sp³-hybridized carbons (Fsp3) is 0.579. The Morgan fingerprint density at radius 2 is 1.84 bits per heavy atom. The van der Waals surface area contributed by atoms with Crippen LogP contribution in [0, 0.1) is 17.7 Å². The van der Waals surface area contributed by atoms with Crippen LogP contribution in [0.25, 0.3) is 0 Å². The number of amides is 1. The minimum absolute atomic E-state index is 0.0934. The second-order valence-corrected chi connectivity index (χ2v) is 7.08. The van der Waals surface area contributed by atoms with E-state index in [0.717, 1.165) is 5.56 Å². The van der Waals surface area contributed by atoms with Crippen LogP contribution in [0.2, 0.25) is 0 Å². The SMILES string of the molecule is CC(C)CC(CNC(=O)C1(c2ccc(F)cc2)CCOCC1)C(=O)O. The Kier molecular flexibility index (Phi) is 6.53. The molecule has 0 saturated carbocycles. The first-order chi connectivity index (χ1) is 11.8. The number of aliphatic carboxylic acids is 1. The summed E-state index contributed by atoms with van der Waals surface area (Å²) < 4.78 is 18.6. The predicted octanol–water partition coefficient (Wildman–Crippen LogP) is 2.74. The normalized spacial score (nSPS) is 17.9. The van der Waals surface area contributed by atoms with Crippen molar-refractivity contribution in [3.63, 3.8) is 0 Å². The van der Waals surface area contributed by atoms with Crippen molar-refractivity contribution in [3.8, 4) is 0 Å². The van der Waals surface area contributed by atoms with Crippen LogP contribution in [-0.2, 0) is 19.7 Å². The van der Waals surface area contributed by atoms with Crippen LogP contribution < -0.4 is 5.32 Å². The Bertz CT molecular complexity index is 594. The van der Waals surface area contributed by atoms with Gasteiger partial charge in [0.15, 0.2) is 0 Å². The van der Waals surface area contributed by atoms with Crippen molar-refractivity contribution in [2.45, 2.75) is 38.5 Å². The molecule has 25 heavy (non-hydrogen) atoms. The molecule has 6 heteroatoms. The molecule has 1 unspecified atom stereocenters. The maximum absolute atomic E-state index is 13.3. The highest BCUT2D eigenvalue weighted by molar-refractivity contribution is 5.88. The summed E-state index contributed by atoms with van der Waals surface area (Å²) >= 11 is 0. The van der Waals surface area contributed by atoms with E-state index in [1.54, 1.807) is 12.1 Å². The molecule has 1 atom stereocenters. The molecule has 1 aliphatic heterocycles. The molecule has 0 spiro atoms. The highest BCUT2D eigenvalue weighted by Gasteiger charge is 2.42. The number of hydrogen-bond donors (Lipinski definition) is 2. The average Bonchev–Trinajstić information content (AvgIpc) is 2.59. The Morgan fingerprint density at radius 3 is 2.36 bits per heavy atom. The Labute approximate surface area is 147 Å². The molecule has 1 saturated heterocycles. The number of nitrogens with one attached hydrogen (secondary N) is 1. The maximum Gasteiger partial charge on any atom is 0.308 e. The Balaban J connectivity index is 2.16. The second-order valence-electron chi connectivity index (χ2n) is 7.08. The number of halogens is 1. The first-order valence-corrected chi connectivity index (χ1v) is 8.70. The number of carboxylic acid groups (broad SMARTS) is 1. The van der Waals surface area contributed by atoms with Gasteiger partial charge in [-0.05, 0) is 42.9 Å². The highest BCUT2D eigenvalue weighted by atomic mass is 19.1. The number of carboxylic acids is 1. The van der Waals surface area contributed by atoms with Gasteiger partial charge >= 0.3 is 5.97 Å². The van der Waals surface area contributed by atoms with Crippen molar-refractivity contribution in [1.29, 1.82) is 0 Å². The Hall–Kier alpha value is -1.95. The number of rotatable bonds is 7. The van der Waals surface area contributed by atoms with Crippen molar-refractivity contribution in [3.05, 3.63) is 35.6 Å². The summed E-state index contributed by atoms with van der Waals surface area (Å²) in [5.41, 5.74) is -0.0576. The zero-order chi connectivity index (χ0) is 18.4. The van der Waals surface area contributed by atoms with Crippen molar-refractivity contribution < 1.29 is 23.8 Å². The largest absolute Gasteiger partial charge is 0.481 e. The van der Waals surface area contributed by atoms with Gasteiger partial charge in [-0.15, -0.1) is 0 Å². The van der Waals surface area contributed by atoms with Gasteiger partial charge in [0.2, 0.25) is 5.91 Å². The van der Waals surface area contributed by atoms with Gasteiger partial charge in [0.25, 0.3) is 0 Å². The molecule has 1 aromatic carbocycles. The van der Waals surface area contributed by atoms with Crippen LogP contribution in [0.1, 0.15) is 38.7 Å². The van der Waals surface area contributed by atoms with Crippen LogP contribution >= 0.6 is 0 Å². The fourth-order valence-corrected chi connectivity index (χ4v) is 3.36. The molecule has 0 aliphatic carbocycles. The van der Waals surface area contributed by atoms with Gasteiger partial charge in [-0.25, -0.2) is 4.39 Å². The number of hydrogen-bond acceptors (Lipinski definition) is 3. The van der Waals surface area contributed by atoms with Crippen LogP contribution in [0.4, 0.5) is 4.39 Å². The van der Waals surface area contributed by atoms with E-state index in [1.165, 1.54) is 12.1 Å². The topological polar surface area (TPSA) is 75.6 Å². The van der Waals surface area contributed by atoms with Crippen LogP contribution in [0.15, 0.2) is 24.3 Å².